The van der Waals surface area contributed by atoms with Crippen LogP contribution in [0, 0.1) is 34.5 Å². The van der Waals surface area contributed by atoms with E-state index in [1.807, 2.05) is 0 Å². The zero-order valence-electron chi connectivity index (χ0n) is 15.7. The molecule has 0 unspecified atom stereocenters. The summed E-state index contributed by atoms with van der Waals surface area (Å²) in [4.78, 5) is 0. The number of rotatable bonds is 2. The van der Waals surface area contributed by atoms with E-state index in [4.69, 9.17) is 0 Å². The largest absolute Gasteiger partial charge is 0.389 e. The van der Waals surface area contributed by atoms with E-state index in [0.29, 0.717) is 5.41 Å². The van der Waals surface area contributed by atoms with Crippen LogP contribution < -0.4 is 0 Å². The lowest BCUT2D eigenvalue weighted by molar-refractivity contribution is -0.153. The molecule has 0 aliphatic heterocycles. The molecule has 0 aromatic carbocycles. The van der Waals surface area contributed by atoms with Crippen molar-refractivity contribution in [2.75, 3.05) is 0 Å². The quantitative estimate of drug-likeness (QED) is 0.667. The van der Waals surface area contributed by atoms with Gasteiger partial charge in [-0.1, -0.05) is 40.0 Å². The van der Waals surface area contributed by atoms with Gasteiger partial charge >= 0.3 is 0 Å². The Bertz CT molecular complexity index is 459. The Morgan fingerprint density at radius 2 is 1.65 bits per heavy atom. The van der Waals surface area contributed by atoms with Gasteiger partial charge in [0.05, 0.1) is 5.60 Å². The molecule has 4 aliphatic carbocycles. The maximum Gasteiger partial charge on any atom is 0.0703 e. The zero-order chi connectivity index (χ0) is 16.3. The van der Waals surface area contributed by atoms with Crippen molar-refractivity contribution in [3.05, 3.63) is 0 Å². The fourth-order valence-corrected chi connectivity index (χ4v) is 8.23. The molecule has 0 spiro atoms. The lowest BCUT2D eigenvalue weighted by Gasteiger charge is -2.61. The first-order valence-electron chi connectivity index (χ1n) is 10.7. The van der Waals surface area contributed by atoms with Gasteiger partial charge in [-0.15, -0.1) is 0 Å². The predicted octanol–water partition coefficient (Wildman–Crippen LogP) is 5.95. The van der Waals surface area contributed by atoms with Crippen molar-refractivity contribution in [2.45, 2.75) is 103 Å². The van der Waals surface area contributed by atoms with Gasteiger partial charge in [0.15, 0.2) is 0 Å². The maximum absolute atomic E-state index is 11.4. The second-order valence-corrected chi connectivity index (χ2v) is 10.2. The third kappa shape index (κ3) is 2.14. The van der Waals surface area contributed by atoms with E-state index in [0.717, 1.165) is 42.9 Å². The van der Waals surface area contributed by atoms with Crippen LogP contribution in [0.1, 0.15) is 97.8 Å². The summed E-state index contributed by atoms with van der Waals surface area (Å²) < 4.78 is 0. The molecule has 1 heteroatoms. The molecule has 1 nitrogen and oxygen atoms in total. The normalized spacial score (nSPS) is 55.8. The number of hydrogen-bond donors (Lipinski definition) is 1. The van der Waals surface area contributed by atoms with E-state index >= 15 is 0 Å². The topological polar surface area (TPSA) is 20.2 Å². The predicted molar refractivity (Wildman–Crippen MR) is 96.2 cm³/mol. The molecule has 7 atom stereocenters. The Labute approximate surface area is 143 Å². The number of hydrogen-bond acceptors (Lipinski definition) is 1. The smallest absolute Gasteiger partial charge is 0.0703 e. The van der Waals surface area contributed by atoms with E-state index in [1.54, 1.807) is 0 Å². The Hall–Kier alpha value is -0.0400. The van der Waals surface area contributed by atoms with Gasteiger partial charge in [-0.25, -0.2) is 0 Å². The van der Waals surface area contributed by atoms with E-state index < -0.39 is 0 Å². The van der Waals surface area contributed by atoms with Crippen LogP contribution in [0.5, 0.6) is 0 Å². The first-order valence-corrected chi connectivity index (χ1v) is 10.7. The molecule has 0 aromatic heterocycles. The van der Waals surface area contributed by atoms with Crippen LogP contribution in [0.4, 0.5) is 0 Å². The van der Waals surface area contributed by atoms with Gasteiger partial charge in [0.2, 0.25) is 0 Å². The SMILES string of the molecule is CCC[C@@]1(O)CC[C@@H]2[C@@H]3CC[C@H]4CCCC[C@]4(C)[C@@H]3CC[C@@]21C. The van der Waals surface area contributed by atoms with Crippen molar-refractivity contribution < 1.29 is 5.11 Å². The minimum atomic E-state index is -0.359. The summed E-state index contributed by atoms with van der Waals surface area (Å²) in [5.41, 5.74) is 0.484. The van der Waals surface area contributed by atoms with Crippen molar-refractivity contribution in [3.8, 4) is 0 Å². The molecule has 0 amide bonds. The molecule has 0 bridgehead atoms. The Balaban J connectivity index is 1.63. The minimum absolute atomic E-state index is 0.210. The summed E-state index contributed by atoms with van der Waals surface area (Å²) in [6, 6.07) is 0. The van der Waals surface area contributed by atoms with Crippen molar-refractivity contribution in [3.63, 3.8) is 0 Å². The van der Waals surface area contributed by atoms with Crippen molar-refractivity contribution in [1.29, 1.82) is 0 Å². The molecule has 0 aromatic rings. The van der Waals surface area contributed by atoms with E-state index in [2.05, 4.69) is 20.8 Å². The molecule has 4 aliphatic rings. The Morgan fingerprint density at radius 1 is 0.870 bits per heavy atom. The molecule has 132 valence electrons. The van der Waals surface area contributed by atoms with Crippen molar-refractivity contribution >= 4 is 0 Å². The highest BCUT2D eigenvalue weighted by molar-refractivity contribution is 5.13. The lowest BCUT2D eigenvalue weighted by Crippen LogP contribution is -2.56. The summed E-state index contributed by atoms with van der Waals surface area (Å²) in [7, 11) is 0. The molecule has 0 radical (unpaired) electrons. The van der Waals surface area contributed by atoms with Crippen LogP contribution in [0.15, 0.2) is 0 Å². The summed E-state index contributed by atoms with van der Waals surface area (Å²) in [5.74, 6) is 3.69. The summed E-state index contributed by atoms with van der Waals surface area (Å²) in [5, 5.41) is 11.4. The first-order chi connectivity index (χ1) is 10.9. The summed E-state index contributed by atoms with van der Waals surface area (Å²) in [6.45, 7) is 7.36. The fraction of sp³-hybridized carbons (Fsp3) is 1.00. The first kappa shape index (κ1) is 16.4. The maximum atomic E-state index is 11.4. The average molecular weight is 319 g/mol. The van der Waals surface area contributed by atoms with Gasteiger partial charge < -0.3 is 5.11 Å². The third-order valence-corrected chi connectivity index (χ3v) is 9.57. The highest BCUT2D eigenvalue weighted by Crippen LogP contribution is 2.68. The van der Waals surface area contributed by atoms with Crippen LogP contribution >= 0.6 is 0 Å². The highest BCUT2D eigenvalue weighted by Gasteiger charge is 2.63. The molecule has 23 heavy (non-hydrogen) atoms. The van der Waals surface area contributed by atoms with E-state index in [9.17, 15) is 5.11 Å². The Kier molecular flexibility index (Phi) is 3.91. The second-order valence-electron chi connectivity index (χ2n) is 10.2. The zero-order valence-corrected chi connectivity index (χ0v) is 15.7. The Morgan fingerprint density at radius 3 is 2.43 bits per heavy atom. The minimum Gasteiger partial charge on any atom is -0.389 e. The van der Waals surface area contributed by atoms with Crippen LogP contribution in [0.2, 0.25) is 0 Å². The number of aliphatic hydroxyl groups is 1. The summed E-state index contributed by atoms with van der Waals surface area (Å²) in [6.07, 6.45) is 16.1. The molecule has 1 N–H and O–H groups in total. The van der Waals surface area contributed by atoms with E-state index in [1.165, 1.54) is 57.8 Å². The summed E-state index contributed by atoms with van der Waals surface area (Å²) >= 11 is 0. The van der Waals surface area contributed by atoms with Gasteiger partial charge in [0, 0.05) is 0 Å². The molecule has 4 saturated carbocycles. The van der Waals surface area contributed by atoms with Gasteiger partial charge in [0.1, 0.15) is 0 Å². The third-order valence-electron chi connectivity index (χ3n) is 9.57. The fourth-order valence-electron chi connectivity index (χ4n) is 8.23. The van der Waals surface area contributed by atoms with Crippen LogP contribution in [-0.4, -0.2) is 10.7 Å². The van der Waals surface area contributed by atoms with Crippen LogP contribution in [0.25, 0.3) is 0 Å². The van der Waals surface area contributed by atoms with Crippen molar-refractivity contribution in [1.82, 2.24) is 0 Å². The molecule has 4 rings (SSSR count). The van der Waals surface area contributed by atoms with Crippen LogP contribution in [-0.2, 0) is 0 Å². The monoisotopic (exact) mass is 318 g/mol. The molecular formula is C22H38O. The lowest BCUT2D eigenvalue weighted by atomic mass is 9.44. The van der Waals surface area contributed by atoms with Gasteiger partial charge in [-0.3, -0.25) is 0 Å². The standard InChI is InChI=1S/C22H38O/c1-4-12-22(23)15-11-19-17-9-8-16-7-5-6-13-20(16,2)18(17)10-14-21(19,22)3/h16-19,23H,4-15H2,1-3H3/t16-,17-,18-,19-,20+,21+,22-/m1/s1. The molecule has 0 saturated heterocycles. The molecular weight excluding hydrogens is 280 g/mol. The number of fused-ring (bicyclic) bond motifs is 5. The van der Waals surface area contributed by atoms with Crippen LogP contribution in [0.3, 0.4) is 0 Å². The van der Waals surface area contributed by atoms with Gasteiger partial charge in [-0.2, -0.15) is 0 Å². The second kappa shape index (κ2) is 5.48. The van der Waals surface area contributed by atoms with Crippen molar-refractivity contribution in [2.24, 2.45) is 34.5 Å². The molecule has 0 heterocycles. The average Bonchev–Trinajstić information content (AvgIpc) is 2.79. The van der Waals surface area contributed by atoms with E-state index in [-0.39, 0.29) is 11.0 Å². The molecule has 4 fully saturated rings. The van der Waals surface area contributed by atoms with Gasteiger partial charge in [-0.05, 0) is 92.3 Å². The highest BCUT2D eigenvalue weighted by atomic mass is 16.3. The van der Waals surface area contributed by atoms with Gasteiger partial charge in [0.25, 0.3) is 0 Å².